The van der Waals surface area contributed by atoms with Gasteiger partial charge in [-0.05, 0) is 25.5 Å². The first-order valence-electron chi connectivity index (χ1n) is 10.6. The summed E-state index contributed by atoms with van der Waals surface area (Å²) in [5, 5.41) is 19.0. The molecule has 11 nitrogen and oxygen atoms in total. The van der Waals surface area contributed by atoms with Crippen LogP contribution in [-0.2, 0) is 19.6 Å². The Morgan fingerprint density at radius 2 is 1.51 bits per heavy atom. The lowest BCUT2D eigenvalue weighted by molar-refractivity contribution is 0.0559. The SMILES string of the molecule is [C-]#[N+]C(C#N)=c1cc(OCCOC(C)CS(=O)(=O)O)c(=C(C#N)[N+]#[C-])cc1OCCOCCCC. The van der Waals surface area contributed by atoms with Crippen molar-refractivity contribution in [1.29, 1.82) is 10.5 Å². The van der Waals surface area contributed by atoms with Gasteiger partial charge in [-0.25, -0.2) is 20.2 Å². The quantitative estimate of drug-likeness (QED) is 0.228. The molecule has 12 heteroatoms. The first-order chi connectivity index (χ1) is 16.7. The van der Waals surface area contributed by atoms with Crippen LogP contribution in [0.1, 0.15) is 26.7 Å². The largest absolute Gasteiger partial charge is 0.492 e. The highest BCUT2D eigenvalue weighted by molar-refractivity contribution is 7.85. The molecular weight excluding hydrogens is 476 g/mol. The lowest BCUT2D eigenvalue weighted by Gasteiger charge is -2.14. The van der Waals surface area contributed by atoms with Gasteiger partial charge in [-0.2, -0.15) is 8.42 Å². The van der Waals surface area contributed by atoms with Gasteiger partial charge < -0.3 is 18.9 Å². The summed E-state index contributed by atoms with van der Waals surface area (Å²) in [7, 11) is -4.20. The summed E-state index contributed by atoms with van der Waals surface area (Å²) in [6.07, 6.45) is 1.08. The van der Waals surface area contributed by atoms with Gasteiger partial charge in [0.25, 0.3) is 21.5 Å². The molecule has 0 aliphatic rings. The Hall–Kier alpha value is -3.65. The number of nitriles is 2. The van der Waals surface area contributed by atoms with E-state index in [0.717, 1.165) is 12.8 Å². The predicted molar refractivity (Wildman–Crippen MR) is 125 cm³/mol. The molecular formula is C23H26N4O7S. The minimum atomic E-state index is -4.20. The fourth-order valence-electron chi connectivity index (χ4n) is 2.76. The Labute approximate surface area is 204 Å². The summed E-state index contributed by atoms with van der Waals surface area (Å²) in [6, 6.07) is 6.27. The van der Waals surface area contributed by atoms with Crippen molar-refractivity contribution in [3.63, 3.8) is 0 Å². The fourth-order valence-corrected chi connectivity index (χ4v) is 3.45. The van der Waals surface area contributed by atoms with E-state index in [1.54, 1.807) is 12.1 Å². The second-order valence-electron chi connectivity index (χ2n) is 7.08. The second-order valence-corrected chi connectivity index (χ2v) is 8.58. The summed E-state index contributed by atoms with van der Waals surface area (Å²) >= 11 is 0. The van der Waals surface area contributed by atoms with Gasteiger partial charge in [-0.1, -0.05) is 13.3 Å². The molecule has 0 fully saturated rings. The summed E-state index contributed by atoms with van der Waals surface area (Å²) in [5.74, 6) is -0.429. The second kappa shape index (κ2) is 15.3. The van der Waals surface area contributed by atoms with E-state index >= 15 is 0 Å². The lowest BCUT2D eigenvalue weighted by atomic mass is 10.1. The summed E-state index contributed by atoms with van der Waals surface area (Å²) < 4.78 is 52.8. The van der Waals surface area contributed by atoms with Crippen molar-refractivity contribution >= 4 is 21.5 Å². The zero-order chi connectivity index (χ0) is 26.3. The van der Waals surface area contributed by atoms with E-state index in [0.29, 0.717) is 6.61 Å². The van der Waals surface area contributed by atoms with E-state index in [9.17, 15) is 18.9 Å². The van der Waals surface area contributed by atoms with Crippen molar-refractivity contribution in [3.05, 3.63) is 45.4 Å². The van der Waals surface area contributed by atoms with E-state index < -0.39 is 22.0 Å². The smallest absolute Gasteiger partial charge is 0.272 e. The Kier molecular flexibility index (Phi) is 12.8. The van der Waals surface area contributed by atoms with Crippen LogP contribution in [0.25, 0.3) is 21.1 Å². The number of hydrogen-bond acceptors (Lipinski definition) is 8. The van der Waals surface area contributed by atoms with Crippen LogP contribution in [0.5, 0.6) is 11.5 Å². The number of ether oxygens (including phenoxy) is 4. The maximum atomic E-state index is 10.9. The number of hydrogen-bond donors (Lipinski definition) is 1. The Morgan fingerprint density at radius 1 is 1.00 bits per heavy atom. The molecule has 0 heterocycles. The highest BCUT2D eigenvalue weighted by Gasteiger charge is 2.14. The monoisotopic (exact) mass is 502 g/mol. The minimum Gasteiger partial charge on any atom is -0.492 e. The van der Waals surface area contributed by atoms with Crippen molar-refractivity contribution in [1.82, 2.24) is 0 Å². The van der Waals surface area contributed by atoms with E-state index in [-0.39, 0.29) is 59.8 Å². The predicted octanol–water partition coefficient (Wildman–Crippen LogP) is 1.66. The topological polar surface area (TPSA) is 148 Å². The van der Waals surface area contributed by atoms with Crippen LogP contribution in [0.2, 0.25) is 0 Å². The van der Waals surface area contributed by atoms with Crippen molar-refractivity contribution in [3.8, 4) is 23.6 Å². The molecule has 1 atom stereocenters. The third-order valence-corrected chi connectivity index (χ3v) is 5.23. The molecule has 0 amide bonds. The molecule has 0 aliphatic heterocycles. The molecule has 1 unspecified atom stereocenters. The van der Waals surface area contributed by atoms with Crippen LogP contribution in [0, 0.1) is 35.8 Å². The zero-order valence-electron chi connectivity index (χ0n) is 19.5. The van der Waals surface area contributed by atoms with E-state index in [1.807, 2.05) is 6.92 Å². The van der Waals surface area contributed by atoms with Gasteiger partial charge in [0.2, 0.25) is 0 Å². The van der Waals surface area contributed by atoms with Gasteiger partial charge >= 0.3 is 0 Å². The molecule has 0 aliphatic carbocycles. The van der Waals surface area contributed by atoms with Gasteiger partial charge in [0.05, 0.1) is 44.6 Å². The fraction of sp³-hybridized carbons (Fsp3) is 0.478. The van der Waals surface area contributed by atoms with Gasteiger partial charge in [-0.3, -0.25) is 4.55 Å². The highest BCUT2D eigenvalue weighted by Crippen LogP contribution is 2.13. The molecule has 0 spiro atoms. The maximum Gasteiger partial charge on any atom is 0.272 e. The average molecular weight is 503 g/mol. The molecule has 0 radical (unpaired) electrons. The van der Waals surface area contributed by atoms with Crippen molar-refractivity contribution in [2.75, 3.05) is 38.8 Å². The molecule has 0 aromatic heterocycles. The van der Waals surface area contributed by atoms with Crippen LogP contribution in [0.15, 0.2) is 12.1 Å². The molecule has 0 bridgehead atoms. The van der Waals surface area contributed by atoms with Crippen LogP contribution in [0.3, 0.4) is 0 Å². The molecule has 35 heavy (non-hydrogen) atoms. The van der Waals surface area contributed by atoms with Gasteiger partial charge in [0.15, 0.2) is 0 Å². The zero-order valence-corrected chi connectivity index (χ0v) is 20.3. The van der Waals surface area contributed by atoms with Gasteiger partial charge in [0.1, 0.15) is 30.5 Å². The number of nitrogens with zero attached hydrogens (tertiary/aromatic N) is 4. The first-order valence-corrected chi connectivity index (χ1v) is 12.2. The molecule has 0 saturated heterocycles. The van der Waals surface area contributed by atoms with Crippen molar-refractivity contribution in [2.45, 2.75) is 32.8 Å². The molecule has 1 N–H and O–H groups in total. The first kappa shape index (κ1) is 29.4. The number of rotatable bonds is 14. The Bertz CT molecular complexity index is 1230. The molecule has 186 valence electrons. The normalized spacial score (nSPS) is 13.3. The number of benzene rings is 1. The average Bonchev–Trinajstić information content (AvgIpc) is 2.81. The van der Waals surface area contributed by atoms with E-state index in [2.05, 4.69) is 9.69 Å². The standard InChI is InChI=1S/C23H26N4O7S/c1-5-6-7-31-8-9-33-22-12-19(21(15-25)27-4)23(13-18(22)20(14-24)26-3)34-11-10-32-17(2)16-35(28,29)30/h12-13,17H,5-11,16H2,1-2H3,(H,28,29,30). The lowest BCUT2D eigenvalue weighted by Crippen LogP contribution is -2.24. The van der Waals surface area contributed by atoms with Crippen molar-refractivity contribution in [2.24, 2.45) is 0 Å². The van der Waals surface area contributed by atoms with Gasteiger partial charge in [-0.15, -0.1) is 0 Å². The summed E-state index contributed by atoms with van der Waals surface area (Å²) in [6.45, 7) is 18.9. The highest BCUT2D eigenvalue weighted by atomic mass is 32.2. The van der Waals surface area contributed by atoms with Crippen LogP contribution >= 0.6 is 0 Å². The minimum absolute atomic E-state index is 0.0431. The third-order valence-electron chi connectivity index (χ3n) is 4.34. The molecule has 1 rings (SSSR count). The van der Waals surface area contributed by atoms with E-state index in [1.165, 1.54) is 19.1 Å². The van der Waals surface area contributed by atoms with E-state index in [4.69, 9.17) is 36.6 Å². The Balaban J connectivity index is 3.28. The Morgan fingerprint density at radius 3 is 1.94 bits per heavy atom. The molecule has 1 aromatic carbocycles. The van der Waals surface area contributed by atoms with Crippen LogP contribution in [-0.4, -0.2) is 57.9 Å². The van der Waals surface area contributed by atoms with Crippen LogP contribution in [0.4, 0.5) is 0 Å². The molecule has 0 saturated carbocycles. The van der Waals surface area contributed by atoms with Crippen molar-refractivity contribution < 1.29 is 31.9 Å². The molecule has 1 aromatic rings. The number of unbranched alkanes of at least 4 members (excludes halogenated alkanes) is 1. The summed E-state index contributed by atoms with van der Waals surface area (Å²) in [4.78, 5) is 6.42. The van der Waals surface area contributed by atoms with Crippen LogP contribution < -0.4 is 19.9 Å². The third kappa shape index (κ3) is 10.4. The maximum absolute atomic E-state index is 10.9. The van der Waals surface area contributed by atoms with Gasteiger partial charge in [0, 0.05) is 17.0 Å². The summed E-state index contributed by atoms with van der Waals surface area (Å²) in [5.41, 5.74) is -0.569.